The van der Waals surface area contributed by atoms with Gasteiger partial charge >= 0.3 is 0 Å². The Balaban J connectivity index is 1.69. The number of hydrogen-bond donors (Lipinski definition) is 0. The van der Waals surface area contributed by atoms with Gasteiger partial charge in [-0.3, -0.25) is 9.48 Å². The SMILES string of the molecule is COCCn1ccc(C(=O)N2CCS[C@@H]3CCCC[C@@H]32)n1. The van der Waals surface area contributed by atoms with E-state index in [0.29, 0.717) is 30.1 Å². The average molecular weight is 309 g/mol. The Labute approximate surface area is 130 Å². The van der Waals surface area contributed by atoms with E-state index in [0.717, 1.165) is 18.7 Å². The first-order valence-electron chi connectivity index (χ1n) is 7.74. The van der Waals surface area contributed by atoms with Crippen LogP contribution in [0.15, 0.2) is 12.3 Å². The normalized spacial score (nSPS) is 25.7. The van der Waals surface area contributed by atoms with Gasteiger partial charge in [0.25, 0.3) is 5.91 Å². The molecular weight excluding hydrogens is 286 g/mol. The molecule has 3 rings (SSSR count). The Hall–Kier alpha value is -1.01. The number of amides is 1. The summed E-state index contributed by atoms with van der Waals surface area (Å²) in [5, 5.41) is 5.03. The molecule has 116 valence electrons. The molecule has 6 heteroatoms. The third-order valence-electron chi connectivity index (χ3n) is 4.38. The number of fused-ring (bicyclic) bond motifs is 1. The van der Waals surface area contributed by atoms with Crippen molar-refractivity contribution in [3.05, 3.63) is 18.0 Å². The molecule has 0 unspecified atom stereocenters. The van der Waals surface area contributed by atoms with E-state index in [9.17, 15) is 4.79 Å². The first-order chi connectivity index (χ1) is 10.3. The Morgan fingerprint density at radius 1 is 1.48 bits per heavy atom. The van der Waals surface area contributed by atoms with Crippen molar-refractivity contribution in [3.8, 4) is 0 Å². The fourth-order valence-corrected chi connectivity index (χ4v) is 4.72. The van der Waals surface area contributed by atoms with Crippen molar-refractivity contribution < 1.29 is 9.53 Å². The maximum atomic E-state index is 12.8. The molecule has 2 fully saturated rings. The Morgan fingerprint density at radius 2 is 2.33 bits per heavy atom. The Morgan fingerprint density at radius 3 is 3.19 bits per heavy atom. The number of thioether (sulfide) groups is 1. The fraction of sp³-hybridized carbons (Fsp3) is 0.733. The van der Waals surface area contributed by atoms with Crippen LogP contribution in [-0.2, 0) is 11.3 Å². The molecular formula is C15H23N3O2S. The number of nitrogens with zero attached hydrogens (tertiary/aromatic N) is 3. The summed E-state index contributed by atoms with van der Waals surface area (Å²) in [6, 6.07) is 2.24. The van der Waals surface area contributed by atoms with Crippen LogP contribution < -0.4 is 0 Å². The highest BCUT2D eigenvalue weighted by molar-refractivity contribution is 8.00. The van der Waals surface area contributed by atoms with Gasteiger partial charge in [-0.1, -0.05) is 12.8 Å². The molecule has 1 aromatic rings. The second-order valence-corrected chi connectivity index (χ2v) is 7.06. The molecule has 0 spiro atoms. The van der Waals surface area contributed by atoms with Gasteiger partial charge in [0.1, 0.15) is 5.69 Å². The Kier molecular flexibility index (Phi) is 4.85. The topological polar surface area (TPSA) is 47.4 Å². The standard InChI is InChI=1S/C15H23N3O2S/c1-20-10-8-17-7-6-12(16-17)15(19)18-9-11-21-14-5-3-2-4-13(14)18/h6-7,13-14H,2-5,8-11H2,1H3/t13-,14+/m0/s1. The van der Waals surface area contributed by atoms with Crippen LogP contribution in [0.5, 0.6) is 0 Å². The molecule has 1 aromatic heterocycles. The van der Waals surface area contributed by atoms with Crippen molar-refractivity contribution in [3.63, 3.8) is 0 Å². The number of ether oxygens (including phenoxy) is 1. The molecule has 1 saturated carbocycles. The van der Waals surface area contributed by atoms with Crippen molar-refractivity contribution in [2.45, 2.75) is 43.5 Å². The maximum absolute atomic E-state index is 12.8. The highest BCUT2D eigenvalue weighted by Crippen LogP contribution is 2.35. The molecule has 2 atom stereocenters. The summed E-state index contributed by atoms with van der Waals surface area (Å²) in [5.74, 6) is 1.15. The van der Waals surface area contributed by atoms with Crippen LogP contribution in [0.4, 0.5) is 0 Å². The summed E-state index contributed by atoms with van der Waals surface area (Å²) in [5.41, 5.74) is 0.572. The van der Waals surface area contributed by atoms with Crippen molar-refractivity contribution in [2.75, 3.05) is 26.0 Å². The molecule has 0 radical (unpaired) electrons. The number of carbonyl (C=O) groups is 1. The van der Waals surface area contributed by atoms with Crippen LogP contribution in [-0.4, -0.2) is 57.9 Å². The number of rotatable bonds is 4. The largest absolute Gasteiger partial charge is 0.383 e. The lowest BCUT2D eigenvalue weighted by Gasteiger charge is -2.43. The van der Waals surface area contributed by atoms with Gasteiger partial charge in [-0.2, -0.15) is 16.9 Å². The van der Waals surface area contributed by atoms with E-state index in [2.05, 4.69) is 10.00 Å². The second-order valence-electron chi connectivity index (χ2n) is 5.72. The van der Waals surface area contributed by atoms with Crippen LogP contribution in [0.2, 0.25) is 0 Å². The van der Waals surface area contributed by atoms with E-state index < -0.39 is 0 Å². The predicted octanol–water partition coefficient (Wildman–Crippen LogP) is 2.03. The summed E-state index contributed by atoms with van der Waals surface area (Å²) < 4.78 is 6.83. The average Bonchev–Trinajstić information content (AvgIpc) is 3.00. The van der Waals surface area contributed by atoms with Gasteiger partial charge in [0.15, 0.2) is 0 Å². The van der Waals surface area contributed by atoms with Crippen molar-refractivity contribution in [1.82, 2.24) is 14.7 Å². The molecule has 2 aliphatic rings. The van der Waals surface area contributed by atoms with Gasteiger partial charge in [0.05, 0.1) is 13.2 Å². The van der Waals surface area contributed by atoms with E-state index in [4.69, 9.17) is 4.74 Å². The monoisotopic (exact) mass is 309 g/mol. The minimum Gasteiger partial charge on any atom is -0.383 e. The third-order valence-corrected chi connectivity index (χ3v) is 5.77. The lowest BCUT2D eigenvalue weighted by atomic mass is 9.93. The van der Waals surface area contributed by atoms with E-state index in [1.54, 1.807) is 11.8 Å². The van der Waals surface area contributed by atoms with E-state index in [1.165, 1.54) is 19.3 Å². The van der Waals surface area contributed by atoms with Crippen LogP contribution in [0.1, 0.15) is 36.2 Å². The molecule has 1 saturated heterocycles. The minimum absolute atomic E-state index is 0.100. The third kappa shape index (κ3) is 3.26. The van der Waals surface area contributed by atoms with Gasteiger partial charge in [-0.05, 0) is 18.9 Å². The molecule has 5 nitrogen and oxygen atoms in total. The summed E-state index contributed by atoms with van der Waals surface area (Å²) in [6.07, 6.45) is 6.81. The molecule has 1 aliphatic carbocycles. The lowest BCUT2D eigenvalue weighted by molar-refractivity contribution is 0.0639. The van der Waals surface area contributed by atoms with Crippen LogP contribution in [0.3, 0.4) is 0 Å². The lowest BCUT2D eigenvalue weighted by Crippen LogP contribution is -2.51. The highest BCUT2D eigenvalue weighted by atomic mass is 32.2. The summed E-state index contributed by atoms with van der Waals surface area (Å²) >= 11 is 2.04. The smallest absolute Gasteiger partial charge is 0.274 e. The number of hydrogen-bond acceptors (Lipinski definition) is 4. The zero-order valence-corrected chi connectivity index (χ0v) is 13.3. The van der Waals surface area contributed by atoms with Gasteiger partial charge in [-0.25, -0.2) is 0 Å². The van der Waals surface area contributed by atoms with E-state index in [1.807, 2.05) is 24.0 Å². The number of aromatic nitrogens is 2. The first-order valence-corrected chi connectivity index (χ1v) is 8.79. The fourth-order valence-electron chi connectivity index (χ4n) is 3.28. The zero-order valence-electron chi connectivity index (χ0n) is 12.5. The molecule has 0 bridgehead atoms. The van der Waals surface area contributed by atoms with Gasteiger partial charge in [0.2, 0.25) is 0 Å². The second kappa shape index (κ2) is 6.83. The van der Waals surface area contributed by atoms with Crippen LogP contribution >= 0.6 is 11.8 Å². The van der Waals surface area contributed by atoms with Crippen molar-refractivity contribution >= 4 is 17.7 Å². The first kappa shape index (κ1) is 14.9. The van der Waals surface area contributed by atoms with Gasteiger partial charge < -0.3 is 9.64 Å². The zero-order chi connectivity index (χ0) is 14.7. The summed E-state index contributed by atoms with van der Waals surface area (Å²) in [4.78, 5) is 14.8. The van der Waals surface area contributed by atoms with E-state index >= 15 is 0 Å². The Bertz CT molecular complexity index is 489. The summed E-state index contributed by atoms with van der Waals surface area (Å²) in [6.45, 7) is 2.15. The molecule has 0 aromatic carbocycles. The molecule has 1 amide bonds. The molecule has 21 heavy (non-hydrogen) atoms. The molecule has 2 heterocycles. The van der Waals surface area contributed by atoms with Crippen molar-refractivity contribution in [2.24, 2.45) is 0 Å². The van der Waals surface area contributed by atoms with Crippen LogP contribution in [0, 0.1) is 0 Å². The minimum atomic E-state index is 0.100. The van der Waals surface area contributed by atoms with Gasteiger partial charge in [0, 0.05) is 36.9 Å². The highest BCUT2D eigenvalue weighted by Gasteiger charge is 2.37. The van der Waals surface area contributed by atoms with Crippen molar-refractivity contribution in [1.29, 1.82) is 0 Å². The predicted molar refractivity (Wildman–Crippen MR) is 83.6 cm³/mol. The van der Waals surface area contributed by atoms with E-state index in [-0.39, 0.29) is 5.91 Å². The van der Waals surface area contributed by atoms with Gasteiger partial charge in [-0.15, -0.1) is 0 Å². The summed E-state index contributed by atoms with van der Waals surface area (Å²) in [7, 11) is 1.67. The quantitative estimate of drug-likeness (QED) is 0.854. The molecule has 0 N–H and O–H groups in total. The number of carbonyl (C=O) groups excluding carboxylic acids is 1. The molecule has 1 aliphatic heterocycles. The maximum Gasteiger partial charge on any atom is 0.274 e. The van der Waals surface area contributed by atoms with Crippen LogP contribution in [0.25, 0.3) is 0 Å². The number of methoxy groups -OCH3 is 1.